The van der Waals surface area contributed by atoms with Crippen LogP contribution in [0.2, 0.25) is 5.02 Å². The minimum Gasteiger partial charge on any atom is -0.311 e. The number of likely N-dealkylation sites (tertiary alicyclic amines) is 1. The van der Waals surface area contributed by atoms with Crippen LogP contribution in [0.15, 0.2) is 18.2 Å². The molecule has 5 nitrogen and oxygen atoms in total. The maximum Gasteiger partial charge on any atom is 0.288 e. The van der Waals surface area contributed by atoms with E-state index >= 15 is 0 Å². The van der Waals surface area contributed by atoms with E-state index < -0.39 is 4.92 Å². The number of nitrogens with one attached hydrogen (secondary N) is 1. The number of rotatable bonds is 5. The van der Waals surface area contributed by atoms with E-state index in [2.05, 4.69) is 17.3 Å². The molecule has 104 valence electrons. The summed E-state index contributed by atoms with van der Waals surface area (Å²) in [6, 6.07) is 5.51. The van der Waals surface area contributed by atoms with E-state index in [0.717, 1.165) is 18.7 Å². The van der Waals surface area contributed by atoms with E-state index in [4.69, 9.17) is 11.6 Å². The summed E-state index contributed by atoms with van der Waals surface area (Å²) in [5.74, 6) is 0. The summed E-state index contributed by atoms with van der Waals surface area (Å²) in [5.41, 5.74) is 0.857. The van der Waals surface area contributed by atoms with Crippen LogP contribution in [0.1, 0.15) is 18.4 Å². The Morgan fingerprint density at radius 1 is 1.58 bits per heavy atom. The van der Waals surface area contributed by atoms with Gasteiger partial charge in [-0.2, -0.15) is 0 Å². The molecular weight excluding hydrogens is 266 g/mol. The summed E-state index contributed by atoms with van der Waals surface area (Å²) >= 11 is 5.78. The molecular formula is C13H18ClN3O2. The monoisotopic (exact) mass is 283 g/mol. The van der Waals surface area contributed by atoms with Gasteiger partial charge in [0.2, 0.25) is 0 Å². The Kier molecular flexibility index (Phi) is 4.74. The van der Waals surface area contributed by atoms with Gasteiger partial charge in [0, 0.05) is 25.2 Å². The van der Waals surface area contributed by atoms with E-state index in [-0.39, 0.29) is 10.7 Å². The number of likely N-dealkylation sites (N-methyl/N-ethyl adjacent to an activating group) is 1. The Morgan fingerprint density at radius 2 is 2.37 bits per heavy atom. The first-order valence-corrected chi connectivity index (χ1v) is 6.79. The highest BCUT2D eigenvalue weighted by Crippen LogP contribution is 2.25. The van der Waals surface area contributed by atoms with Crippen LogP contribution in [0.5, 0.6) is 0 Å². The second-order valence-corrected chi connectivity index (χ2v) is 5.36. The van der Waals surface area contributed by atoms with Crippen molar-refractivity contribution in [3.05, 3.63) is 38.9 Å². The van der Waals surface area contributed by atoms with Crippen LogP contribution in [-0.4, -0.2) is 36.0 Å². The van der Waals surface area contributed by atoms with E-state index in [9.17, 15) is 10.1 Å². The van der Waals surface area contributed by atoms with Gasteiger partial charge in [0.05, 0.1) is 4.92 Å². The smallest absolute Gasteiger partial charge is 0.288 e. The summed E-state index contributed by atoms with van der Waals surface area (Å²) in [5, 5.41) is 14.3. The fraction of sp³-hybridized carbons (Fsp3) is 0.538. The van der Waals surface area contributed by atoms with Gasteiger partial charge in [0.25, 0.3) is 5.69 Å². The molecule has 1 atom stereocenters. The lowest BCUT2D eigenvalue weighted by Gasteiger charge is -2.19. The van der Waals surface area contributed by atoms with Gasteiger partial charge in [-0.05, 0) is 38.1 Å². The fourth-order valence-corrected chi connectivity index (χ4v) is 2.61. The predicted octanol–water partition coefficient (Wildman–Crippen LogP) is 2.43. The van der Waals surface area contributed by atoms with Crippen LogP contribution >= 0.6 is 11.6 Å². The van der Waals surface area contributed by atoms with Crippen molar-refractivity contribution in [1.29, 1.82) is 0 Å². The third-order valence-corrected chi connectivity index (χ3v) is 3.91. The summed E-state index contributed by atoms with van der Waals surface area (Å²) in [4.78, 5) is 12.7. The largest absolute Gasteiger partial charge is 0.311 e. The van der Waals surface area contributed by atoms with Crippen LogP contribution in [0.3, 0.4) is 0 Å². The standard InChI is InChI=1S/C13H18ClN3O2/c1-16-6-2-3-11(16)9-15-8-10-4-5-12(14)13(7-10)17(18)19/h4-5,7,11,15H,2-3,6,8-9H2,1H3. The lowest BCUT2D eigenvalue weighted by Crippen LogP contribution is -2.35. The number of hydrogen-bond donors (Lipinski definition) is 1. The van der Waals surface area contributed by atoms with Crippen molar-refractivity contribution in [2.75, 3.05) is 20.1 Å². The first-order chi connectivity index (χ1) is 9.08. The Labute approximate surface area is 117 Å². The number of nitro groups is 1. The molecule has 0 bridgehead atoms. The minimum atomic E-state index is -0.448. The molecule has 1 N–H and O–H groups in total. The first kappa shape index (κ1) is 14.2. The van der Waals surface area contributed by atoms with Gasteiger partial charge in [-0.25, -0.2) is 0 Å². The summed E-state index contributed by atoms with van der Waals surface area (Å²) in [6.45, 7) is 2.69. The summed E-state index contributed by atoms with van der Waals surface area (Å²) < 4.78 is 0. The number of nitrogens with zero attached hydrogens (tertiary/aromatic N) is 2. The maximum atomic E-state index is 10.8. The van der Waals surface area contributed by atoms with Crippen molar-refractivity contribution >= 4 is 17.3 Å². The Morgan fingerprint density at radius 3 is 3.00 bits per heavy atom. The second-order valence-electron chi connectivity index (χ2n) is 4.95. The minimum absolute atomic E-state index is 0.0287. The zero-order valence-corrected chi connectivity index (χ0v) is 11.7. The average Bonchev–Trinajstić information content (AvgIpc) is 2.77. The molecule has 0 amide bonds. The van der Waals surface area contributed by atoms with E-state index in [0.29, 0.717) is 12.6 Å². The lowest BCUT2D eigenvalue weighted by atomic mass is 10.2. The van der Waals surface area contributed by atoms with E-state index in [1.165, 1.54) is 18.9 Å². The molecule has 1 aliphatic heterocycles. The SMILES string of the molecule is CN1CCCC1CNCc1ccc(Cl)c([N+](=O)[O-])c1. The molecule has 1 unspecified atom stereocenters. The van der Waals surface area contributed by atoms with Crippen LogP contribution in [-0.2, 0) is 6.54 Å². The van der Waals surface area contributed by atoms with Crippen molar-refractivity contribution in [2.45, 2.75) is 25.4 Å². The fourth-order valence-electron chi connectivity index (χ4n) is 2.43. The topological polar surface area (TPSA) is 58.4 Å². The zero-order chi connectivity index (χ0) is 13.8. The van der Waals surface area contributed by atoms with Gasteiger partial charge in [-0.15, -0.1) is 0 Å². The molecule has 0 saturated carbocycles. The molecule has 6 heteroatoms. The van der Waals surface area contributed by atoms with Crippen LogP contribution in [0.25, 0.3) is 0 Å². The number of nitro benzene ring substituents is 1. The van der Waals surface area contributed by atoms with Crippen LogP contribution < -0.4 is 5.32 Å². The number of benzene rings is 1. The van der Waals surface area contributed by atoms with Gasteiger partial charge in [-0.1, -0.05) is 17.7 Å². The van der Waals surface area contributed by atoms with E-state index in [1.54, 1.807) is 6.07 Å². The normalized spacial score (nSPS) is 19.8. The highest BCUT2D eigenvalue weighted by Gasteiger charge is 2.20. The molecule has 19 heavy (non-hydrogen) atoms. The van der Waals surface area contributed by atoms with Gasteiger partial charge < -0.3 is 10.2 Å². The quantitative estimate of drug-likeness (QED) is 0.666. The highest BCUT2D eigenvalue weighted by molar-refractivity contribution is 6.32. The zero-order valence-electron chi connectivity index (χ0n) is 10.9. The third-order valence-electron chi connectivity index (χ3n) is 3.59. The molecule has 0 spiro atoms. The Bertz CT molecular complexity index is 467. The van der Waals surface area contributed by atoms with E-state index in [1.807, 2.05) is 6.07 Å². The molecule has 0 aliphatic carbocycles. The van der Waals surface area contributed by atoms with Crippen LogP contribution in [0, 0.1) is 10.1 Å². The van der Waals surface area contributed by atoms with Gasteiger partial charge in [0.1, 0.15) is 5.02 Å². The van der Waals surface area contributed by atoms with Crippen molar-refractivity contribution in [2.24, 2.45) is 0 Å². The molecule has 1 aliphatic rings. The average molecular weight is 284 g/mol. The third kappa shape index (κ3) is 3.65. The molecule has 1 heterocycles. The number of halogens is 1. The van der Waals surface area contributed by atoms with Gasteiger partial charge >= 0.3 is 0 Å². The summed E-state index contributed by atoms with van der Waals surface area (Å²) in [7, 11) is 2.13. The van der Waals surface area contributed by atoms with Crippen molar-refractivity contribution < 1.29 is 4.92 Å². The van der Waals surface area contributed by atoms with Crippen LogP contribution in [0.4, 0.5) is 5.69 Å². The molecule has 1 fully saturated rings. The second kappa shape index (κ2) is 6.32. The molecule has 2 rings (SSSR count). The predicted molar refractivity (Wildman–Crippen MR) is 75.5 cm³/mol. The highest BCUT2D eigenvalue weighted by atomic mass is 35.5. The Hall–Kier alpha value is -1.17. The first-order valence-electron chi connectivity index (χ1n) is 6.41. The van der Waals surface area contributed by atoms with Crippen molar-refractivity contribution in [3.8, 4) is 0 Å². The van der Waals surface area contributed by atoms with Gasteiger partial charge in [0.15, 0.2) is 0 Å². The van der Waals surface area contributed by atoms with Crippen molar-refractivity contribution in [3.63, 3.8) is 0 Å². The lowest BCUT2D eigenvalue weighted by molar-refractivity contribution is -0.384. The molecule has 0 aromatic heterocycles. The van der Waals surface area contributed by atoms with Gasteiger partial charge in [-0.3, -0.25) is 10.1 Å². The number of hydrogen-bond acceptors (Lipinski definition) is 4. The van der Waals surface area contributed by atoms with Crippen molar-refractivity contribution in [1.82, 2.24) is 10.2 Å². The molecule has 1 aromatic rings. The molecule has 1 saturated heterocycles. The molecule has 1 aromatic carbocycles. The summed E-state index contributed by atoms with van der Waals surface area (Å²) in [6.07, 6.45) is 2.46. The Balaban J connectivity index is 1.89. The molecule has 0 radical (unpaired) electrons. The maximum absolute atomic E-state index is 10.8.